The van der Waals surface area contributed by atoms with Gasteiger partial charge in [-0.15, -0.1) is 0 Å². The van der Waals surface area contributed by atoms with Gasteiger partial charge in [-0.25, -0.2) is 4.79 Å². The zero-order chi connectivity index (χ0) is 13.0. The maximum Gasteiger partial charge on any atom is 0.333 e. The van der Waals surface area contributed by atoms with Crippen molar-refractivity contribution < 1.29 is 15.0 Å². The van der Waals surface area contributed by atoms with Crippen LogP contribution in [0.25, 0.3) is 0 Å². The van der Waals surface area contributed by atoms with Crippen LogP contribution in [0.2, 0.25) is 0 Å². The van der Waals surface area contributed by atoms with E-state index in [1.54, 1.807) is 0 Å². The van der Waals surface area contributed by atoms with E-state index in [-0.39, 0.29) is 6.54 Å². The lowest BCUT2D eigenvalue weighted by Crippen LogP contribution is -2.33. The van der Waals surface area contributed by atoms with Crippen molar-refractivity contribution in [2.45, 2.75) is 38.3 Å². The highest BCUT2D eigenvalue weighted by molar-refractivity contribution is 5.72. The Balaban J connectivity index is 1.95. The second kappa shape index (κ2) is 5.98. The second-order valence-corrected chi connectivity index (χ2v) is 4.75. The molecule has 1 aromatic rings. The van der Waals surface area contributed by atoms with E-state index in [1.165, 1.54) is 29.5 Å². The molecule has 0 heterocycles. The molecular weight excluding hydrogens is 230 g/mol. The molecule has 1 atom stereocenters. The fraction of sp³-hybridized carbons (Fsp3) is 0.500. The van der Waals surface area contributed by atoms with Gasteiger partial charge in [0.15, 0.2) is 6.10 Å². The summed E-state index contributed by atoms with van der Waals surface area (Å²) in [7, 11) is 0. The summed E-state index contributed by atoms with van der Waals surface area (Å²) in [5, 5.41) is 20.8. The average molecular weight is 249 g/mol. The molecule has 4 nitrogen and oxygen atoms in total. The minimum Gasteiger partial charge on any atom is -0.479 e. The molecule has 0 spiro atoms. The van der Waals surface area contributed by atoms with E-state index in [0.717, 1.165) is 12.8 Å². The number of aliphatic hydroxyl groups is 1. The number of nitrogens with one attached hydrogen (secondary N) is 1. The molecule has 0 saturated heterocycles. The molecular formula is C14H19NO3. The highest BCUT2D eigenvalue weighted by atomic mass is 16.4. The number of hydrogen-bond acceptors (Lipinski definition) is 3. The fourth-order valence-corrected chi connectivity index (χ4v) is 2.46. The largest absolute Gasteiger partial charge is 0.479 e. The number of hydrogen-bond donors (Lipinski definition) is 3. The average Bonchev–Trinajstić information content (AvgIpc) is 2.38. The first-order valence-corrected chi connectivity index (χ1v) is 6.39. The monoisotopic (exact) mass is 249 g/mol. The molecule has 3 N–H and O–H groups in total. The van der Waals surface area contributed by atoms with E-state index in [4.69, 9.17) is 5.11 Å². The molecule has 0 fully saturated rings. The number of rotatable bonds is 5. The van der Waals surface area contributed by atoms with Crippen LogP contribution in [-0.2, 0) is 24.2 Å². The van der Waals surface area contributed by atoms with Crippen LogP contribution in [-0.4, -0.2) is 28.8 Å². The van der Waals surface area contributed by atoms with Gasteiger partial charge < -0.3 is 15.5 Å². The number of carbonyl (C=O) groups is 1. The molecule has 0 unspecified atom stereocenters. The van der Waals surface area contributed by atoms with Crippen molar-refractivity contribution >= 4 is 5.97 Å². The zero-order valence-corrected chi connectivity index (χ0v) is 10.4. The van der Waals surface area contributed by atoms with Gasteiger partial charge in [0.05, 0.1) is 0 Å². The second-order valence-electron chi connectivity index (χ2n) is 4.75. The molecule has 1 aliphatic rings. The lowest BCUT2D eigenvalue weighted by molar-refractivity contribution is -0.146. The lowest BCUT2D eigenvalue weighted by atomic mass is 9.88. The quantitative estimate of drug-likeness (QED) is 0.731. The Hall–Kier alpha value is -1.39. The first-order chi connectivity index (χ1) is 8.68. The highest BCUT2D eigenvalue weighted by Crippen LogP contribution is 2.24. The molecule has 1 aliphatic carbocycles. The normalized spacial score (nSPS) is 16.1. The smallest absolute Gasteiger partial charge is 0.333 e. The number of carboxylic acids is 1. The summed E-state index contributed by atoms with van der Waals surface area (Å²) in [6.45, 7) is 0.701. The molecule has 4 heteroatoms. The van der Waals surface area contributed by atoms with E-state index < -0.39 is 12.1 Å². The Morgan fingerprint density at radius 3 is 2.89 bits per heavy atom. The van der Waals surface area contributed by atoms with Gasteiger partial charge >= 0.3 is 5.97 Å². The van der Waals surface area contributed by atoms with Crippen molar-refractivity contribution in [2.75, 3.05) is 6.54 Å². The van der Waals surface area contributed by atoms with Crippen molar-refractivity contribution in [3.8, 4) is 0 Å². The summed E-state index contributed by atoms with van der Waals surface area (Å²) in [6.07, 6.45) is 3.39. The van der Waals surface area contributed by atoms with Crippen LogP contribution in [0.4, 0.5) is 0 Å². The van der Waals surface area contributed by atoms with Crippen molar-refractivity contribution in [1.82, 2.24) is 5.32 Å². The Morgan fingerprint density at radius 1 is 1.33 bits per heavy atom. The minimum absolute atomic E-state index is 0.0823. The molecule has 2 rings (SSSR count). The van der Waals surface area contributed by atoms with Crippen LogP contribution < -0.4 is 5.32 Å². The topological polar surface area (TPSA) is 69.6 Å². The van der Waals surface area contributed by atoms with Crippen molar-refractivity contribution in [3.63, 3.8) is 0 Å². The van der Waals surface area contributed by atoms with E-state index in [0.29, 0.717) is 6.54 Å². The van der Waals surface area contributed by atoms with Crippen LogP contribution in [0, 0.1) is 0 Å². The summed E-state index contributed by atoms with van der Waals surface area (Å²) in [6, 6.07) is 6.29. The summed E-state index contributed by atoms with van der Waals surface area (Å²) in [5.41, 5.74) is 4.05. The van der Waals surface area contributed by atoms with Gasteiger partial charge in [-0.1, -0.05) is 18.2 Å². The molecule has 98 valence electrons. The molecule has 0 amide bonds. The van der Waals surface area contributed by atoms with Crippen LogP contribution in [0.15, 0.2) is 18.2 Å². The number of aryl methyl sites for hydroxylation is 1. The SMILES string of the molecule is O=C(O)[C@@H](O)CNCc1cccc2c1CCCC2. The predicted molar refractivity (Wildman–Crippen MR) is 68.4 cm³/mol. The first kappa shape index (κ1) is 13.1. The standard InChI is InChI=1S/C14H19NO3/c16-13(14(17)18)9-15-8-11-6-3-5-10-4-1-2-7-12(10)11/h3,5-6,13,15-16H,1-2,4,7-9H2,(H,17,18)/t13-/m0/s1. The van der Waals surface area contributed by atoms with Crippen molar-refractivity contribution in [2.24, 2.45) is 0 Å². The fourth-order valence-electron chi connectivity index (χ4n) is 2.46. The van der Waals surface area contributed by atoms with Crippen molar-refractivity contribution in [3.05, 3.63) is 34.9 Å². The number of carboxylic acid groups (broad SMARTS) is 1. The van der Waals surface area contributed by atoms with Crippen LogP contribution >= 0.6 is 0 Å². The third-order valence-electron chi connectivity index (χ3n) is 3.43. The van der Waals surface area contributed by atoms with Gasteiger partial charge in [-0.2, -0.15) is 0 Å². The summed E-state index contributed by atoms with van der Waals surface area (Å²) < 4.78 is 0. The predicted octanol–water partition coefficient (Wildman–Crippen LogP) is 1.10. The van der Waals surface area contributed by atoms with Gasteiger partial charge in [0.1, 0.15) is 0 Å². The van der Waals surface area contributed by atoms with Gasteiger partial charge in [-0.3, -0.25) is 0 Å². The molecule has 0 aliphatic heterocycles. The molecule has 0 bridgehead atoms. The van der Waals surface area contributed by atoms with Crippen LogP contribution in [0.3, 0.4) is 0 Å². The molecule has 0 saturated carbocycles. The number of aliphatic hydroxyl groups excluding tert-OH is 1. The van der Waals surface area contributed by atoms with Gasteiger partial charge in [0.2, 0.25) is 0 Å². The maximum absolute atomic E-state index is 10.5. The lowest BCUT2D eigenvalue weighted by Gasteiger charge is -2.19. The summed E-state index contributed by atoms with van der Waals surface area (Å²) in [4.78, 5) is 10.5. The van der Waals surface area contributed by atoms with Crippen LogP contribution in [0.5, 0.6) is 0 Å². The Morgan fingerprint density at radius 2 is 2.11 bits per heavy atom. The summed E-state index contributed by atoms with van der Waals surface area (Å²) in [5.74, 6) is -1.18. The minimum atomic E-state index is -1.33. The summed E-state index contributed by atoms with van der Waals surface area (Å²) >= 11 is 0. The molecule has 1 aromatic carbocycles. The van der Waals surface area contributed by atoms with Crippen molar-refractivity contribution in [1.29, 1.82) is 0 Å². The van der Waals surface area contributed by atoms with Gasteiger partial charge in [0.25, 0.3) is 0 Å². The van der Waals surface area contributed by atoms with E-state index in [1.807, 2.05) is 0 Å². The molecule has 0 radical (unpaired) electrons. The Bertz CT molecular complexity index is 431. The number of benzene rings is 1. The van der Waals surface area contributed by atoms with Gasteiger partial charge in [-0.05, 0) is 42.4 Å². The number of aliphatic carboxylic acids is 1. The maximum atomic E-state index is 10.5. The Labute approximate surface area is 107 Å². The van der Waals surface area contributed by atoms with E-state index >= 15 is 0 Å². The number of fused-ring (bicyclic) bond motifs is 1. The van der Waals surface area contributed by atoms with Crippen LogP contribution in [0.1, 0.15) is 29.5 Å². The first-order valence-electron chi connectivity index (χ1n) is 6.39. The Kier molecular flexibility index (Phi) is 4.33. The molecule has 0 aromatic heterocycles. The van der Waals surface area contributed by atoms with Gasteiger partial charge in [0, 0.05) is 13.1 Å². The zero-order valence-electron chi connectivity index (χ0n) is 10.4. The highest BCUT2D eigenvalue weighted by Gasteiger charge is 2.14. The van der Waals surface area contributed by atoms with E-state index in [2.05, 4.69) is 23.5 Å². The third-order valence-corrected chi connectivity index (χ3v) is 3.43. The van der Waals surface area contributed by atoms with E-state index in [9.17, 15) is 9.90 Å². The third kappa shape index (κ3) is 3.09. The molecule has 18 heavy (non-hydrogen) atoms.